The van der Waals surface area contributed by atoms with Crippen molar-refractivity contribution in [2.24, 2.45) is 0 Å². The fourth-order valence-electron chi connectivity index (χ4n) is 3.88. The molecule has 0 unspecified atom stereocenters. The number of hydrogen-bond donors (Lipinski definition) is 2. The first-order valence-corrected chi connectivity index (χ1v) is 11.3. The molecule has 2 aromatic heterocycles. The Hall–Kier alpha value is -4.24. The summed E-state index contributed by atoms with van der Waals surface area (Å²) >= 11 is 1.35. The lowest BCUT2D eigenvalue weighted by Crippen LogP contribution is -2.03. The summed E-state index contributed by atoms with van der Waals surface area (Å²) in [5.41, 5.74) is 10.6. The van der Waals surface area contributed by atoms with Crippen molar-refractivity contribution >= 4 is 39.4 Å². The molecule has 34 heavy (non-hydrogen) atoms. The number of para-hydroxylation sites is 2. The topological polar surface area (TPSA) is 96.5 Å². The Labute approximate surface area is 200 Å². The molecule has 0 radical (unpaired) electrons. The standard InChI is InChI=1S/C25H23N5O3S/c1-31-16-10-8-15(9-11-16)22-18-14-17(32-2)12-13-21(18)30(24-28-29-25(33-3)34-24)23(22)27-20-7-5-4-6-19(20)26/h4-14,27H,26H2,1-3H3. The Bertz CT molecular complexity index is 1460. The van der Waals surface area contributed by atoms with Crippen LogP contribution in [0.2, 0.25) is 0 Å². The van der Waals surface area contributed by atoms with E-state index in [2.05, 4.69) is 15.5 Å². The molecule has 3 aromatic carbocycles. The predicted octanol–water partition coefficient (Wildman–Crippen LogP) is 5.50. The molecule has 0 saturated carbocycles. The molecule has 0 aliphatic rings. The molecule has 0 bridgehead atoms. The molecule has 0 amide bonds. The lowest BCUT2D eigenvalue weighted by molar-refractivity contribution is 0.407. The summed E-state index contributed by atoms with van der Waals surface area (Å²) in [6, 6.07) is 21.5. The molecule has 172 valence electrons. The smallest absolute Gasteiger partial charge is 0.295 e. The third-order valence-corrected chi connectivity index (χ3v) is 6.40. The number of nitrogens with zero attached hydrogens (tertiary/aromatic N) is 3. The molecule has 9 heteroatoms. The number of nitrogen functional groups attached to an aromatic ring is 1. The van der Waals surface area contributed by atoms with Crippen LogP contribution in [0.3, 0.4) is 0 Å². The van der Waals surface area contributed by atoms with Gasteiger partial charge in [-0.25, -0.2) is 0 Å². The van der Waals surface area contributed by atoms with Gasteiger partial charge >= 0.3 is 0 Å². The van der Waals surface area contributed by atoms with E-state index < -0.39 is 0 Å². The van der Waals surface area contributed by atoms with E-state index in [9.17, 15) is 0 Å². The van der Waals surface area contributed by atoms with Crippen LogP contribution in [-0.2, 0) is 0 Å². The third kappa shape index (κ3) is 3.75. The minimum atomic E-state index is 0.474. The number of nitrogens with one attached hydrogen (secondary N) is 1. The minimum Gasteiger partial charge on any atom is -0.497 e. The number of fused-ring (bicyclic) bond motifs is 1. The third-order valence-electron chi connectivity index (χ3n) is 5.53. The van der Waals surface area contributed by atoms with Gasteiger partial charge in [-0.1, -0.05) is 29.4 Å². The number of benzene rings is 3. The van der Waals surface area contributed by atoms with Gasteiger partial charge in [-0.3, -0.25) is 4.57 Å². The zero-order valence-electron chi connectivity index (χ0n) is 18.9. The zero-order chi connectivity index (χ0) is 23.7. The van der Waals surface area contributed by atoms with Crippen LogP contribution in [0.25, 0.3) is 27.2 Å². The van der Waals surface area contributed by atoms with Crippen molar-refractivity contribution in [2.75, 3.05) is 32.4 Å². The van der Waals surface area contributed by atoms with Gasteiger partial charge in [-0.05, 0) is 59.4 Å². The molecule has 8 nitrogen and oxygen atoms in total. The fraction of sp³-hybridized carbons (Fsp3) is 0.120. The van der Waals surface area contributed by atoms with Gasteiger partial charge in [0.05, 0.1) is 38.2 Å². The van der Waals surface area contributed by atoms with Gasteiger partial charge < -0.3 is 25.3 Å². The normalized spacial score (nSPS) is 10.9. The lowest BCUT2D eigenvalue weighted by atomic mass is 10.0. The van der Waals surface area contributed by atoms with Crippen LogP contribution in [0.4, 0.5) is 17.2 Å². The van der Waals surface area contributed by atoms with Crippen LogP contribution in [0, 0.1) is 0 Å². The maximum Gasteiger partial charge on any atom is 0.295 e. The van der Waals surface area contributed by atoms with Crippen molar-refractivity contribution in [3.8, 4) is 33.0 Å². The van der Waals surface area contributed by atoms with Crippen LogP contribution in [0.5, 0.6) is 16.7 Å². The van der Waals surface area contributed by atoms with E-state index in [-0.39, 0.29) is 0 Å². The quantitative estimate of drug-likeness (QED) is 0.301. The molecule has 0 aliphatic carbocycles. The van der Waals surface area contributed by atoms with Crippen molar-refractivity contribution < 1.29 is 14.2 Å². The zero-order valence-corrected chi connectivity index (χ0v) is 19.7. The van der Waals surface area contributed by atoms with E-state index in [0.717, 1.165) is 45.0 Å². The molecule has 0 atom stereocenters. The molecule has 5 aromatic rings. The molecule has 0 fully saturated rings. The average Bonchev–Trinajstić information content (AvgIpc) is 3.47. The number of hydrogen-bond acceptors (Lipinski definition) is 8. The molecule has 0 aliphatic heterocycles. The van der Waals surface area contributed by atoms with E-state index in [1.807, 2.05) is 71.3 Å². The first kappa shape index (κ1) is 21.6. The largest absolute Gasteiger partial charge is 0.497 e. The predicted molar refractivity (Wildman–Crippen MR) is 136 cm³/mol. The number of ether oxygens (including phenoxy) is 3. The summed E-state index contributed by atoms with van der Waals surface area (Å²) in [6.45, 7) is 0. The maximum absolute atomic E-state index is 6.30. The molecule has 2 heterocycles. The Morgan fingerprint density at radius 2 is 1.59 bits per heavy atom. The van der Waals surface area contributed by atoms with Crippen LogP contribution in [0.1, 0.15) is 0 Å². The highest BCUT2D eigenvalue weighted by molar-refractivity contribution is 7.15. The van der Waals surface area contributed by atoms with Gasteiger partial charge in [0.25, 0.3) is 5.19 Å². The maximum atomic E-state index is 6.30. The van der Waals surface area contributed by atoms with E-state index in [1.165, 1.54) is 11.3 Å². The average molecular weight is 474 g/mol. The second-order valence-electron chi connectivity index (χ2n) is 7.44. The summed E-state index contributed by atoms with van der Waals surface area (Å²) in [4.78, 5) is 0. The first-order chi connectivity index (χ1) is 16.6. The molecule has 0 spiro atoms. The molecule has 3 N–H and O–H groups in total. The molecular formula is C25H23N5O3S. The number of rotatable bonds is 7. The second kappa shape index (κ2) is 8.95. The van der Waals surface area contributed by atoms with Crippen LogP contribution in [0.15, 0.2) is 66.7 Å². The Morgan fingerprint density at radius 1 is 0.853 bits per heavy atom. The van der Waals surface area contributed by atoms with Gasteiger partial charge in [0, 0.05) is 10.9 Å². The molecular weight excluding hydrogens is 450 g/mol. The Morgan fingerprint density at radius 3 is 2.26 bits per heavy atom. The summed E-state index contributed by atoms with van der Waals surface area (Å²) in [5, 5.41) is 14.2. The van der Waals surface area contributed by atoms with Crippen LogP contribution < -0.4 is 25.3 Å². The van der Waals surface area contributed by atoms with Crippen molar-refractivity contribution in [1.82, 2.24) is 14.8 Å². The molecule has 0 saturated heterocycles. The van der Waals surface area contributed by atoms with E-state index in [4.69, 9.17) is 19.9 Å². The SMILES string of the molecule is COc1ccc(-c2c(Nc3ccccc3N)n(-c3nnc(OC)s3)c3ccc(OC)cc23)cc1. The monoisotopic (exact) mass is 473 g/mol. The summed E-state index contributed by atoms with van der Waals surface area (Å²) < 4.78 is 18.3. The van der Waals surface area contributed by atoms with Gasteiger partial charge in [-0.15, -0.1) is 5.10 Å². The number of aromatic nitrogens is 3. The number of nitrogens with two attached hydrogens (primary N) is 1. The van der Waals surface area contributed by atoms with Gasteiger partial charge in [0.2, 0.25) is 5.13 Å². The first-order valence-electron chi connectivity index (χ1n) is 10.5. The van der Waals surface area contributed by atoms with Gasteiger partial charge in [-0.2, -0.15) is 0 Å². The van der Waals surface area contributed by atoms with Gasteiger partial charge in [0.15, 0.2) is 0 Å². The van der Waals surface area contributed by atoms with Crippen molar-refractivity contribution in [2.45, 2.75) is 0 Å². The highest BCUT2D eigenvalue weighted by Gasteiger charge is 2.23. The van der Waals surface area contributed by atoms with Crippen LogP contribution >= 0.6 is 11.3 Å². The van der Waals surface area contributed by atoms with E-state index in [1.54, 1.807) is 21.3 Å². The van der Waals surface area contributed by atoms with Crippen molar-refractivity contribution in [3.63, 3.8) is 0 Å². The second-order valence-corrected chi connectivity index (χ2v) is 8.36. The minimum absolute atomic E-state index is 0.474. The number of methoxy groups -OCH3 is 3. The molecule has 5 rings (SSSR count). The lowest BCUT2D eigenvalue weighted by Gasteiger charge is -2.14. The Kier molecular flexibility index (Phi) is 5.69. The fourth-order valence-corrected chi connectivity index (χ4v) is 4.56. The summed E-state index contributed by atoms with van der Waals surface area (Å²) in [7, 11) is 4.89. The van der Waals surface area contributed by atoms with E-state index in [0.29, 0.717) is 16.0 Å². The van der Waals surface area contributed by atoms with Crippen molar-refractivity contribution in [1.29, 1.82) is 0 Å². The van der Waals surface area contributed by atoms with Crippen LogP contribution in [-0.4, -0.2) is 36.1 Å². The summed E-state index contributed by atoms with van der Waals surface area (Å²) in [5.74, 6) is 2.32. The van der Waals surface area contributed by atoms with Gasteiger partial charge in [0.1, 0.15) is 17.3 Å². The Balaban J connectivity index is 1.84. The van der Waals surface area contributed by atoms with Crippen molar-refractivity contribution in [3.05, 3.63) is 66.7 Å². The highest BCUT2D eigenvalue weighted by atomic mass is 32.1. The highest BCUT2D eigenvalue weighted by Crippen LogP contribution is 2.44. The van der Waals surface area contributed by atoms with E-state index >= 15 is 0 Å². The summed E-state index contributed by atoms with van der Waals surface area (Å²) in [6.07, 6.45) is 0. The number of anilines is 3.